The molecule has 1 rings (SSSR count). The molecule has 0 aliphatic heterocycles. The first-order valence-electron chi connectivity index (χ1n) is 4.37. The Balaban J connectivity index is 2.64. The van der Waals surface area contributed by atoms with Crippen LogP contribution in [0.3, 0.4) is 0 Å². The minimum absolute atomic E-state index is 0.383. The summed E-state index contributed by atoms with van der Waals surface area (Å²) in [5.74, 6) is 0.642. The fourth-order valence-electron chi connectivity index (χ4n) is 0.925. The van der Waals surface area contributed by atoms with Crippen molar-refractivity contribution in [1.82, 2.24) is 4.98 Å². The highest BCUT2D eigenvalue weighted by Gasteiger charge is 2.05. The van der Waals surface area contributed by atoms with Gasteiger partial charge >= 0.3 is 0 Å². The molecule has 4 heteroatoms. The molecule has 0 saturated carbocycles. The summed E-state index contributed by atoms with van der Waals surface area (Å²) >= 11 is 3.30. The van der Waals surface area contributed by atoms with E-state index in [1.807, 2.05) is 19.1 Å². The number of hydrogen-bond acceptors (Lipinski definition) is 3. The van der Waals surface area contributed by atoms with Crippen LogP contribution in [0.4, 0.5) is 0 Å². The lowest BCUT2D eigenvalue weighted by atomic mass is 10.3. The van der Waals surface area contributed by atoms with Gasteiger partial charge in [0.2, 0.25) is 0 Å². The summed E-state index contributed by atoms with van der Waals surface area (Å²) in [6.07, 6.45) is 1.93. The Bertz CT molecular complexity index is 318. The van der Waals surface area contributed by atoms with Crippen LogP contribution < -0.4 is 4.74 Å². The lowest BCUT2D eigenvalue weighted by molar-refractivity contribution is 0.251. The second-order valence-electron chi connectivity index (χ2n) is 2.76. The van der Waals surface area contributed by atoms with Crippen molar-refractivity contribution in [2.75, 3.05) is 0 Å². The fourth-order valence-corrected chi connectivity index (χ4v) is 1.26. The molecule has 74 valence electrons. The molecule has 0 fully saturated rings. The third-order valence-corrected chi connectivity index (χ3v) is 2.30. The molecular formula is C10H11BrN2O. The maximum Gasteiger partial charge on any atom is 0.184 e. The molecule has 0 amide bonds. The van der Waals surface area contributed by atoms with Crippen molar-refractivity contribution in [3.8, 4) is 11.8 Å². The van der Waals surface area contributed by atoms with E-state index >= 15 is 0 Å². The SMILES string of the molecule is CCC(C#N)Oc1ccc(CBr)nc1. The van der Waals surface area contributed by atoms with E-state index in [0.29, 0.717) is 12.2 Å². The minimum Gasteiger partial charge on any atom is -0.474 e. The highest BCUT2D eigenvalue weighted by atomic mass is 79.9. The zero-order valence-corrected chi connectivity index (χ0v) is 9.49. The first-order chi connectivity index (χ1) is 6.80. The molecule has 1 aromatic heterocycles. The van der Waals surface area contributed by atoms with Gasteiger partial charge in [0.1, 0.15) is 11.8 Å². The van der Waals surface area contributed by atoms with E-state index in [2.05, 4.69) is 27.0 Å². The largest absolute Gasteiger partial charge is 0.474 e. The Morgan fingerprint density at radius 2 is 2.43 bits per heavy atom. The van der Waals surface area contributed by atoms with Gasteiger partial charge in [-0.2, -0.15) is 5.26 Å². The van der Waals surface area contributed by atoms with Crippen LogP contribution in [0.25, 0.3) is 0 Å². The molecule has 1 heterocycles. The van der Waals surface area contributed by atoms with Crippen LogP contribution in [-0.2, 0) is 5.33 Å². The van der Waals surface area contributed by atoms with E-state index in [4.69, 9.17) is 10.00 Å². The summed E-state index contributed by atoms with van der Waals surface area (Å²) in [6.45, 7) is 1.91. The predicted molar refractivity (Wildman–Crippen MR) is 57.2 cm³/mol. The van der Waals surface area contributed by atoms with E-state index in [-0.39, 0.29) is 6.10 Å². The van der Waals surface area contributed by atoms with E-state index in [1.165, 1.54) is 0 Å². The van der Waals surface area contributed by atoms with Crippen LogP contribution >= 0.6 is 15.9 Å². The molecule has 0 saturated heterocycles. The van der Waals surface area contributed by atoms with Crippen LogP contribution in [0, 0.1) is 11.3 Å². The fraction of sp³-hybridized carbons (Fsp3) is 0.400. The number of aromatic nitrogens is 1. The molecule has 0 aliphatic rings. The summed E-state index contributed by atoms with van der Waals surface area (Å²) in [5.41, 5.74) is 0.947. The number of hydrogen-bond donors (Lipinski definition) is 0. The minimum atomic E-state index is -0.383. The van der Waals surface area contributed by atoms with Gasteiger partial charge in [-0.15, -0.1) is 0 Å². The highest BCUT2D eigenvalue weighted by molar-refractivity contribution is 9.08. The van der Waals surface area contributed by atoms with Gasteiger partial charge in [-0.1, -0.05) is 22.9 Å². The first-order valence-corrected chi connectivity index (χ1v) is 5.49. The molecule has 1 unspecified atom stereocenters. The van der Waals surface area contributed by atoms with Crippen molar-refractivity contribution >= 4 is 15.9 Å². The standard InChI is InChI=1S/C10H11BrN2O/c1-2-9(6-12)14-10-4-3-8(5-11)13-7-10/h3-4,7,9H,2,5H2,1H3. The summed E-state index contributed by atoms with van der Waals surface area (Å²) in [7, 11) is 0. The number of rotatable bonds is 4. The molecule has 0 radical (unpaired) electrons. The van der Waals surface area contributed by atoms with Gasteiger partial charge in [0, 0.05) is 5.33 Å². The summed E-state index contributed by atoms with van der Waals surface area (Å²) in [5, 5.41) is 9.41. The molecule has 0 aromatic carbocycles. The number of halogens is 1. The number of pyridine rings is 1. The van der Waals surface area contributed by atoms with Crippen LogP contribution in [0.2, 0.25) is 0 Å². The zero-order valence-electron chi connectivity index (χ0n) is 7.90. The smallest absolute Gasteiger partial charge is 0.184 e. The van der Waals surface area contributed by atoms with Crippen molar-refractivity contribution in [1.29, 1.82) is 5.26 Å². The van der Waals surface area contributed by atoms with Crippen LogP contribution in [0.15, 0.2) is 18.3 Å². The number of nitriles is 1. The van der Waals surface area contributed by atoms with Crippen molar-refractivity contribution in [2.24, 2.45) is 0 Å². The van der Waals surface area contributed by atoms with Crippen LogP contribution in [0.5, 0.6) is 5.75 Å². The van der Waals surface area contributed by atoms with Crippen LogP contribution in [-0.4, -0.2) is 11.1 Å². The Morgan fingerprint density at radius 3 is 2.86 bits per heavy atom. The Kier molecular flexibility index (Phi) is 4.41. The normalized spacial score (nSPS) is 11.8. The maximum atomic E-state index is 8.69. The van der Waals surface area contributed by atoms with Crippen molar-refractivity contribution in [2.45, 2.75) is 24.8 Å². The average Bonchev–Trinajstić information content (AvgIpc) is 2.26. The number of alkyl halides is 1. The Hall–Kier alpha value is -1.08. The summed E-state index contributed by atoms with van der Waals surface area (Å²) in [6, 6.07) is 5.76. The van der Waals surface area contributed by atoms with E-state index in [9.17, 15) is 0 Å². The molecule has 1 aromatic rings. The first kappa shape index (κ1) is 11.0. The lowest BCUT2D eigenvalue weighted by Crippen LogP contribution is -2.12. The molecule has 0 spiro atoms. The molecule has 0 bridgehead atoms. The molecule has 0 N–H and O–H groups in total. The molecule has 1 atom stereocenters. The third kappa shape index (κ3) is 3.00. The quantitative estimate of drug-likeness (QED) is 0.777. The average molecular weight is 255 g/mol. The topological polar surface area (TPSA) is 45.9 Å². The Morgan fingerprint density at radius 1 is 1.64 bits per heavy atom. The number of nitrogens with zero attached hydrogens (tertiary/aromatic N) is 2. The third-order valence-electron chi connectivity index (χ3n) is 1.73. The lowest BCUT2D eigenvalue weighted by Gasteiger charge is -2.09. The van der Waals surface area contributed by atoms with Crippen LogP contribution in [0.1, 0.15) is 19.0 Å². The van der Waals surface area contributed by atoms with Gasteiger partial charge in [0.05, 0.1) is 11.9 Å². The van der Waals surface area contributed by atoms with Gasteiger partial charge in [-0.25, -0.2) is 0 Å². The molecule has 3 nitrogen and oxygen atoms in total. The van der Waals surface area contributed by atoms with Gasteiger partial charge in [0.15, 0.2) is 6.10 Å². The van der Waals surface area contributed by atoms with Gasteiger partial charge in [-0.3, -0.25) is 4.98 Å². The zero-order chi connectivity index (χ0) is 10.4. The monoisotopic (exact) mass is 254 g/mol. The van der Waals surface area contributed by atoms with Gasteiger partial charge in [-0.05, 0) is 18.6 Å². The maximum absolute atomic E-state index is 8.69. The van der Waals surface area contributed by atoms with Crippen molar-refractivity contribution in [3.05, 3.63) is 24.0 Å². The predicted octanol–water partition coefficient (Wildman–Crippen LogP) is 2.66. The molecule has 14 heavy (non-hydrogen) atoms. The summed E-state index contributed by atoms with van der Waals surface area (Å²) in [4.78, 5) is 4.14. The second-order valence-corrected chi connectivity index (χ2v) is 3.32. The van der Waals surface area contributed by atoms with E-state index < -0.39 is 0 Å². The number of ether oxygens (including phenoxy) is 1. The molecule has 0 aliphatic carbocycles. The van der Waals surface area contributed by atoms with Gasteiger partial charge in [0.25, 0.3) is 0 Å². The highest BCUT2D eigenvalue weighted by Crippen LogP contribution is 2.13. The Labute approximate surface area is 91.8 Å². The molecular weight excluding hydrogens is 244 g/mol. The van der Waals surface area contributed by atoms with Crippen molar-refractivity contribution < 1.29 is 4.74 Å². The van der Waals surface area contributed by atoms with E-state index in [0.717, 1.165) is 11.0 Å². The van der Waals surface area contributed by atoms with Gasteiger partial charge < -0.3 is 4.74 Å². The van der Waals surface area contributed by atoms with Crippen molar-refractivity contribution in [3.63, 3.8) is 0 Å². The van der Waals surface area contributed by atoms with E-state index in [1.54, 1.807) is 6.20 Å². The second kappa shape index (κ2) is 5.61. The summed E-state index contributed by atoms with van der Waals surface area (Å²) < 4.78 is 5.37.